The number of hydrogen-bond donors (Lipinski definition) is 2. The van der Waals surface area contributed by atoms with E-state index in [9.17, 15) is 18.0 Å². The maximum Gasteiger partial charge on any atom is 0.416 e. The van der Waals surface area contributed by atoms with E-state index < -0.39 is 11.7 Å². The third-order valence-electron chi connectivity index (χ3n) is 3.56. The van der Waals surface area contributed by atoms with Gasteiger partial charge in [0.1, 0.15) is 0 Å². The molecule has 1 aliphatic rings. The molecule has 0 bridgehead atoms. The quantitative estimate of drug-likeness (QED) is 0.877. The second kappa shape index (κ2) is 5.83. The normalized spacial score (nSPS) is 19.7. The van der Waals surface area contributed by atoms with Crippen molar-refractivity contribution in [1.29, 1.82) is 0 Å². The number of hydrogen-bond acceptors (Lipinski definition) is 2. The van der Waals surface area contributed by atoms with Gasteiger partial charge in [0.25, 0.3) is 0 Å². The van der Waals surface area contributed by atoms with Gasteiger partial charge in [0, 0.05) is 12.2 Å². The summed E-state index contributed by atoms with van der Waals surface area (Å²) in [6, 6.07) is 3.83. The summed E-state index contributed by atoms with van der Waals surface area (Å²) < 4.78 is 38.4. The number of carbonyl (C=O) groups excluding carboxylic acids is 1. The number of piperidine rings is 1. The second-order valence-electron chi connectivity index (χ2n) is 5.01. The predicted molar refractivity (Wildman–Crippen MR) is 70.4 cm³/mol. The molecule has 2 rings (SSSR count). The molecule has 1 unspecified atom stereocenters. The molecule has 0 saturated carbocycles. The number of benzene rings is 1. The highest BCUT2D eigenvalue weighted by molar-refractivity contribution is 5.93. The third kappa shape index (κ3) is 3.30. The highest BCUT2D eigenvalue weighted by Gasteiger charge is 2.33. The van der Waals surface area contributed by atoms with Crippen LogP contribution in [-0.4, -0.2) is 19.0 Å². The van der Waals surface area contributed by atoms with E-state index in [1.54, 1.807) is 0 Å². The summed E-state index contributed by atoms with van der Waals surface area (Å²) in [5, 5.41) is 5.72. The van der Waals surface area contributed by atoms with Crippen LogP contribution >= 0.6 is 0 Å². The van der Waals surface area contributed by atoms with E-state index in [-0.39, 0.29) is 23.1 Å². The molecule has 0 radical (unpaired) electrons. The predicted octanol–water partition coefficient (Wildman–Crippen LogP) is 2.95. The van der Waals surface area contributed by atoms with Crippen LogP contribution in [0.2, 0.25) is 0 Å². The van der Waals surface area contributed by atoms with Crippen LogP contribution in [0.25, 0.3) is 0 Å². The molecule has 1 heterocycles. The number of carbonyl (C=O) groups is 1. The minimum absolute atomic E-state index is 0.0529. The van der Waals surface area contributed by atoms with Gasteiger partial charge in [0.15, 0.2) is 0 Å². The van der Waals surface area contributed by atoms with Crippen molar-refractivity contribution in [3.05, 3.63) is 29.3 Å². The standard InChI is InChI=1S/C14H17F3N2O/c1-9-11(14(15,16)17)5-2-6-12(9)19-13(20)10-4-3-7-18-8-10/h2,5-6,10,18H,3-4,7-8H2,1H3,(H,19,20). The molecule has 1 amide bonds. The first-order valence-corrected chi connectivity index (χ1v) is 6.58. The van der Waals surface area contributed by atoms with Gasteiger partial charge in [-0.25, -0.2) is 0 Å². The van der Waals surface area contributed by atoms with Crippen LogP contribution in [0.5, 0.6) is 0 Å². The summed E-state index contributed by atoms with van der Waals surface area (Å²) in [6.07, 6.45) is -2.74. The summed E-state index contributed by atoms with van der Waals surface area (Å²) in [7, 11) is 0. The van der Waals surface area contributed by atoms with Gasteiger partial charge in [-0.3, -0.25) is 4.79 Å². The van der Waals surface area contributed by atoms with Crippen LogP contribution in [-0.2, 0) is 11.0 Å². The first-order valence-electron chi connectivity index (χ1n) is 6.58. The Morgan fingerprint density at radius 2 is 2.15 bits per heavy atom. The van der Waals surface area contributed by atoms with E-state index in [2.05, 4.69) is 10.6 Å². The van der Waals surface area contributed by atoms with Crippen LogP contribution in [0, 0.1) is 12.8 Å². The molecule has 6 heteroatoms. The lowest BCUT2D eigenvalue weighted by atomic mass is 9.98. The number of alkyl halides is 3. The second-order valence-corrected chi connectivity index (χ2v) is 5.01. The SMILES string of the molecule is Cc1c(NC(=O)C2CCCNC2)cccc1C(F)(F)F. The molecular formula is C14H17F3N2O. The Kier molecular flexibility index (Phi) is 4.32. The largest absolute Gasteiger partial charge is 0.416 e. The first-order chi connectivity index (χ1) is 9.39. The number of anilines is 1. The van der Waals surface area contributed by atoms with E-state index in [1.807, 2.05) is 0 Å². The molecule has 3 nitrogen and oxygen atoms in total. The van der Waals surface area contributed by atoms with Crippen LogP contribution < -0.4 is 10.6 Å². The lowest BCUT2D eigenvalue weighted by molar-refractivity contribution is -0.138. The average Bonchev–Trinajstić information content (AvgIpc) is 2.40. The molecule has 20 heavy (non-hydrogen) atoms. The summed E-state index contributed by atoms with van der Waals surface area (Å²) in [6.45, 7) is 2.83. The monoisotopic (exact) mass is 286 g/mol. The molecule has 1 aliphatic heterocycles. The first kappa shape index (κ1) is 14.8. The highest BCUT2D eigenvalue weighted by Crippen LogP contribution is 2.34. The van der Waals surface area contributed by atoms with Gasteiger partial charge < -0.3 is 10.6 Å². The fraction of sp³-hybridized carbons (Fsp3) is 0.500. The summed E-state index contributed by atoms with van der Waals surface area (Å²) in [5.41, 5.74) is -0.426. The van der Waals surface area contributed by atoms with Crippen LogP contribution in [0.15, 0.2) is 18.2 Å². The minimum Gasteiger partial charge on any atom is -0.326 e. The molecule has 0 aromatic heterocycles. The van der Waals surface area contributed by atoms with Gasteiger partial charge >= 0.3 is 6.18 Å². The van der Waals surface area contributed by atoms with Crippen molar-refractivity contribution in [3.63, 3.8) is 0 Å². The van der Waals surface area contributed by atoms with Crippen molar-refractivity contribution >= 4 is 11.6 Å². The Morgan fingerprint density at radius 1 is 1.40 bits per heavy atom. The smallest absolute Gasteiger partial charge is 0.326 e. The third-order valence-corrected chi connectivity index (χ3v) is 3.56. The van der Waals surface area contributed by atoms with E-state index in [1.165, 1.54) is 19.1 Å². The van der Waals surface area contributed by atoms with E-state index in [4.69, 9.17) is 0 Å². The summed E-state index contributed by atoms with van der Waals surface area (Å²) in [5.74, 6) is -0.405. The molecule has 0 aliphatic carbocycles. The Balaban J connectivity index is 2.15. The number of amides is 1. The van der Waals surface area contributed by atoms with Crippen molar-refractivity contribution in [2.45, 2.75) is 25.9 Å². The fourth-order valence-electron chi connectivity index (χ4n) is 2.39. The number of halogens is 3. The molecule has 0 spiro atoms. The summed E-state index contributed by atoms with van der Waals surface area (Å²) in [4.78, 5) is 12.0. The zero-order valence-electron chi connectivity index (χ0n) is 11.2. The van der Waals surface area contributed by atoms with Crippen molar-refractivity contribution in [2.24, 2.45) is 5.92 Å². The van der Waals surface area contributed by atoms with E-state index in [0.29, 0.717) is 6.54 Å². The van der Waals surface area contributed by atoms with E-state index in [0.717, 1.165) is 25.5 Å². The summed E-state index contributed by atoms with van der Waals surface area (Å²) >= 11 is 0. The van der Waals surface area contributed by atoms with Gasteiger partial charge in [-0.2, -0.15) is 13.2 Å². The van der Waals surface area contributed by atoms with Crippen molar-refractivity contribution < 1.29 is 18.0 Å². The Bertz CT molecular complexity index is 494. The van der Waals surface area contributed by atoms with E-state index >= 15 is 0 Å². The molecule has 1 saturated heterocycles. The molecule has 1 aromatic carbocycles. The van der Waals surface area contributed by atoms with Gasteiger partial charge in [-0.1, -0.05) is 6.07 Å². The van der Waals surface area contributed by atoms with Gasteiger partial charge in [0.05, 0.1) is 11.5 Å². The Hall–Kier alpha value is -1.56. The maximum atomic E-state index is 12.8. The minimum atomic E-state index is -4.41. The molecule has 1 atom stereocenters. The highest BCUT2D eigenvalue weighted by atomic mass is 19.4. The lowest BCUT2D eigenvalue weighted by Gasteiger charge is -2.23. The van der Waals surface area contributed by atoms with Gasteiger partial charge in [-0.05, 0) is 44.0 Å². The molecule has 110 valence electrons. The Morgan fingerprint density at radius 3 is 2.75 bits per heavy atom. The average molecular weight is 286 g/mol. The van der Waals surface area contributed by atoms with Crippen molar-refractivity contribution in [2.75, 3.05) is 18.4 Å². The zero-order chi connectivity index (χ0) is 14.8. The zero-order valence-corrected chi connectivity index (χ0v) is 11.2. The van der Waals surface area contributed by atoms with Crippen LogP contribution in [0.4, 0.5) is 18.9 Å². The molecule has 1 fully saturated rings. The lowest BCUT2D eigenvalue weighted by Crippen LogP contribution is -2.37. The topological polar surface area (TPSA) is 41.1 Å². The van der Waals surface area contributed by atoms with Crippen LogP contribution in [0.1, 0.15) is 24.0 Å². The Labute approximate surface area is 115 Å². The van der Waals surface area contributed by atoms with Crippen molar-refractivity contribution in [1.82, 2.24) is 5.32 Å². The number of nitrogens with one attached hydrogen (secondary N) is 2. The molecular weight excluding hydrogens is 269 g/mol. The fourth-order valence-corrected chi connectivity index (χ4v) is 2.39. The number of rotatable bonds is 2. The molecule has 1 aromatic rings. The van der Waals surface area contributed by atoms with Crippen LogP contribution in [0.3, 0.4) is 0 Å². The van der Waals surface area contributed by atoms with Gasteiger partial charge in [-0.15, -0.1) is 0 Å². The van der Waals surface area contributed by atoms with Crippen molar-refractivity contribution in [3.8, 4) is 0 Å². The maximum absolute atomic E-state index is 12.8. The van der Waals surface area contributed by atoms with Gasteiger partial charge in [0.2, 0.25) is 5.91 Å². The molecule has 2 N–H and O–H groups in total.